The smallest absolute Gasteiger partial charge is 0.335 e. The number of aryl methyl sites for hydroxylation is 3. The number of benzene rings is 2. The Morgan fingerprint density at radius 1 is 1.08 bits per heavy atom. The first-order chi connectivity index (χ1) is 18.0. The number of fused-ring (bicyclic) bond motifs is 1. The number of hydrogen-bond acceptors (Lipinski definition) is 6. The van der Waals surface area contributed by atoms with Crippen molar-refractivity contribution in [2.24, 2.45) is 7.05 Å². The monoisotopic (exact) mass is 510 g/mol. The van der Waals surface area contributed by atoms with Crippen LogP contribution in [0.5, 0.6) is 0 Å². The highest BCUT2D eigenvalue weighted by atomic mass is 16.4. The van der Waals surface area contributed by atoms with Gasteiger partial charge in [-0.25, -0.2) is 14.8 Å². The summed E-state index contributed by atoms with van der Waals surface area (Å²) in [4.78, 5) is 21.0. The van der Waals surface area contributed by atoms with Gasteiger partial charge < -0.3 is 20.1 Å². The Morgan fingerprint density at radius 3 is 2.55 bits per heavy atom. The third-order valence-corrected chi connectivity index (χ3v) is 6.63. The summed E-state index contributed by atoms with van der Waals surface area (Å²) in [6, 6.07) is 15.3. The molecule has 0 unspecified atom stereocenters. The van der Waals surface area contributed by atoms with Crippen molar-refractivity contribution in [2.45, 2.75) is 39.8 Å². The summed E-state index contributed by atoms with van der Waals surface area (Å²) in [5.41, 5.74) is 4.90. The zero-order valence-corrected chi connectivity index (χ0v) is 22.0. The number of nitrogens with one attached hydrogen (secondary N) is 1. The number of anilines is 1. The van der Waals surface area contributed by atoms with Gasteiger partial charge in [0.2, 0.25) is 0 Å². The van der Waals surface area contributed by atoms with Crippen LogP contribution in [-0.2, 0) is 19.2 Å². The highest BCUT2D eigenvalue weighted by Gasteiger charge is 2.24. The molecule has 3 N–H and O–H groups in total. The van der Waals surface area contributed by atoms with Gasteiger partial charge in [-0.2, -0.15) is 9.61 Å². The molecule has 3 aromatic heterocycles. The standard InChI is InChI=1S/C29H30N6O3/c1-17-9-10-20(14-22(17)28(36)37)25-18(2)33-35-24(15-23(29(3,4)38)32-27(25)35)31-16-19-7-6-8-21(13-19)26-30-11-12-34(26)5/h6-15,31,38H,16H2,1-5H3,(H,36,37). The minimum absolute atomic E-state index is 0.228. The highest BCUT2D eigenvalue weighted by Crippen LogP contribution is 2.33. The van der Waals surface area contributed by atoms with Gasteiger partial charge in [0.25, 0.3) is 0 Å². The van der Waals surface area contributed by atoms with Gasteiger partial charge in [-0.15, -0.1) is 0 Å². The molecule has 9 nitrogen and oxygen atoms in total. The third-order valence-electron chi connectivity index (χ3n) is 6.63. The Morgan fingerprint density at radius 2 is 1.87 bits per heavy atom. The van der Waals surface area contributed by atoms with Crippen LogP contribution in [0, 0.1) is 13.8 Å². The van der Waals surface area contributed by atoms with E-state index in [0.29, 0.717) is 40.5 Å². The summed E-state index contributed by atoms with van der Waals surface area (Å²) < 4.78 is 3.69. The molecule has 5 aromatic rings. The lowest BCUT2D eigenvalue weighted by atomic mass is 9.99. The van der Waals surface area contributed by atoms with Gasteiger partial charge in [0.15, 0.2) is 5.65 Å². The van der Waals surface area contributed by atoms with Crippen molar-refractivity contribution >= 4 is 17.4 Å². The molecule has 0 spiro atoms. The summed E-state index contributed by atoms with van der Waals surface area (Å²) in [6.45, 7) is 7.51. The second-order valence-corrected chi connectivity index (χ2v) is 10.0. The Bertz CT molecular complexity index is 1680. The number of aromatic nitrogens is 5. The lowest BCUT2D eigenvalue weighted by Gasteiger charge is -2.19. The van der Waals surface area contributed by atoms with Gasteiger partial charge in [0.1, 0.15) is 17.2 Å². The van der Waals surface area contributed by atoms with E-state index in [1.807, 2.05) is 49.0 Å². The van der Waals surface area contributed by atoms with Crippen molar-refractivity contribution in [1.82, 2.24) is 24.1 Å². The fourth-order valence-electron chi connectivity index (χ4n) is 4.57. The number of carbonyl (C=O) groups is 1. The number of rotatable bonds is 7. The second-order valence-electron chi connectivity index (χ2n) is 10.0. The molecule has 0 aliphatic carbocycles. The van der Waals surface area contributed by atoms with Crippen LogP contribution in [0.1, 0.15) is 46.7 Å². The molecule has 5 rings (SSSR count). The largest absolute Gasteiger partial charge is 0.478 e. The van der Waals surface area contributed by atoms with Gasteiger partial charge in [-0.05, 0) is 56.5 Å². The summed E-state index contributed by atoms with van der Waals surface area (Å²) >= 11 is 0. The van der Waals surface area contributed by atoms with E-state index >= 15 is 0 Å². The predicted molar refractivity (Wildman–Crippen MR) is 146 cm³/mol. The van der Waals surface area contributed by atoms with Crippen LogP contribution in [0.25, 0.3) is 28.2 Å². The van der Waals surface area contributed by atoms with E-state index in [1.165, 1.54) is 0 Å². The maximum atomic E-state index is 11.8. The van der Waals surface area contributed by atoms with Crippen molar-refractivity contribution in [1.29, 1.82) is 0 Å². The molecule has 194 valence electrons. The topological polar surface area (TPSA) is 118 Å². The molecule has 0 atom stereocenters. The summed E-state index contributed by atoms with van der Waals surface area (Å²) in [5, 5.41) is 28.7. The average molecular weight is 511 g/mol. The van der Waals surface area contributed by atoms with Crippen LogP contribution in [0.15, 0.2) is 60.9 Å². The first-order valence-electron chi connectivity index (χ1n) is 12.3. The van der Waals surface area contributed by atoms with Crippen molar-refractivity contribution < 1.29 is 15.0 Å². The molecule has 0 radical (unpaired) electrons. The molecule has 0 aliphatic heterocycles. The van der Waals surface area contributed by atoms with Gasteiger partial charge in [0, 0.05) is 43.2 Å². The Hall–Kier alpha value is -4.50. The minimum atomic E-state index is -1.20. The lowest BCUT2D eigenvalue weighted by molar-refractivity contribution is 0.0695. The zero-order valence-electron chi connectivity index (χ0n) is 22.0. The Kier molecular flexibility index (Phi) is 6.24. The van der Waals surface area contributed by atoms with E-state index in [-0.39, 0.29) is 5.56 Å². The Balaban J connectivity index is 1.58. The summed E-state index contributed by atoms with van der Waals surface area (Å²) in [7, 11) is 1.96. The van der Waals surface area contributed by atoms with Gasteiger partial charge in [-0.1, -0.05) is 30.3 Å². The van der Waals surface area contributed by atoms with E-state index < -0.39 is 11.6 Å². The summed E-state index contributed by atoms with van der Waals surface area (Å²) in [6.07, 6.45) is 3.69. The van der Waals surface area contributed by atoms with Crippen molar-refractivity contribution in [3.05, 3.63) is 89.0 Å². The molecule has 0 aliphatic rings. The van der Waals surface area contributed by atoms with Gasteiger partial charge in [0.05, 0.1) is 17.0 Å². The number of carboxylic acid groups (broad SMARTS) is 1. The van der Waals surface area contributed by atoms with E-state index in [1.54, 1.807) is 49.7 Å². The maximum absolute atomic E-state index is 11.8. The number of aliphatic hydroxyl groups is 1. The average Bonchev–Trinajstić information content (AvgIpc) is 3.44. The number of aromatic carboxylic acids is 1. The third kappa shape index (κ3) is 4.64. The van der Waals surface area contributed by atoms with E-state index in [2.05, 4.69) is 16.4 Å². The number of carboxylic acids is 1. The first-order valence-corrected chi connectivity index (χ1v) is 12.3. The van der Waals surface area contributed by atoms with Crippen LogP contribution >= 0.6 is 0 Å². The van der Waals surface area contributed by atoms with Crippen LogP contribution < -0.4 is 5.32 Å². The van der Waals surface area contributed by atoms with Gasteiger partial charge >= 0.3 is 5.97 Å². The van der Waals surface area contributed by atoms with Gasteiger partial charge in [-0.3, -0.25) is 0 Å². The fourth-order valence-corrected chi connectivity index (χ4v) is 4.57. The zero-order chi connectivity index (χ0) is 27.2. The van der Waals surface area contributed by atoms with E-state index in [4.69, 9.17) is 10.1 Å². The van der Waals surface area contributed by atoms with Crippen molar-refractivity contribution in [3.8, 4) is 22.5 Å². The molecule has 2 aromatic carbocycles. The fraction of sp³-hybridized carbons (Fsp3) is 0.241. The van der Waals surface area contributed by atoms with Crippen molar-refractivity contribution in [3.63, 3.8) is 0 Å². The highest BCUT2D eigenvalue weighted by molar-refractivity contribution is 5.92. The molecule has 0 saturated carbocycles. The quantitative estimate of drug-likeness (QED) is 0.283. The maximum Gasteiger partial charge on any atom is 0.335 e. The molecule has 0 bridgehead atoms. The minimum Gasteiger partial charge on any atom is -0.478 e. The van der Waals surface area contributed by atoms with Crippen LogP contribution in [0.4, 0.5) is 5.82 Å². The molecule has 3 heterocycles. The number of hydrogen-bond donors (Lipinski definition) is 3. The van der Waals surface area contributed by atoms with Crippen molar-refractivity contribution in [2.75, 3.05) is 5.32 Å². The molecule has 38 heavy (non-hydrogen) atoms. The van der Waals surface area contributed by atoms with Crippen LogP contribution in [0.3, 0.4) is 0 Å². The normalized spacial score (nSPS) is 11.7. The van der Waals surface area contributed by atoms with Crippen LogP contribution in [-0.4, -0.2) is 40.3 Å². The molecule has 9 heteroatoms. The predicted octanol–water partition coefficient (Wildman–Crippen LogP) is 4.95. The first kappa shape index (κ1) is 25.2. The van der Waals surface area contributed by atoms with Crippen LogP contribution in [0.2, 0.25) is 0 Å². The second kappa shape index (κ2) is 9.42. The lowest BCUT2D eigenvalue weighted by Crippen LogP contribution is -2.19. The molecular formula is C29H30N6O3. The Labute approximate surface area is 220 Å². The molecule has 0 saturated heterocycles. The van der Waals surface area contributed by atoms with E-state index in [9.17, 15) is 15.0 Å². The number of nitrogens with zero attached hydrogens (tertiary/aromatic N) is 5. The summed E-state index contributed by atoms with van der Waals surface area (Å²) in [5.74, 6) is 0.557. The molecule has 0 amide bonds. The molecular weight excluding hydrogens is 480 g/mol. The number of imidazole rings is 1. The van der Waals surface area contributed by atoms with E-state index in [0.717, 1.165) is 22.5 Å². The molecule has 0 fully saturated rings. The SMILES string of the molecule is Cc1ccc(-c2c(C)nn3c(NCc4cccc(-c5nccn5C)c4)cc(C(C)(C)O)nc23)cc1C(=O)O.